The van der Waals surface area contributed by atoms with Crippen molar-refractivity contribution in [2.24, 2.45) is 0 Å². The van der Waals surface area contributed by atoms with Crippen molar-refractivity contribution in [3.8, 4) is 0 Å². The molecule has 136 valence electrons. The van der Waals surface area contributed by atoms with Gasteiger partial charge in [-0.25, -0.2) is 13.2 Å². The van der Waals surface area contributed by atoms with Crippen LogP contribution in [0, 0.1) is 11.6 Å². The number of rotatable bonds is 4. The molecule has 1 amide bonds. The van der Waals surface area contributed by atoms with Crippen LogP contribution < -0.4 is 4.90 Å². The number of carbonyl (C=O) groups excluding carboxylic acids is 1. The molecule has 0 aliphatic heterocycles. The summed E-state index contributed by atoms with van der Waals surface area (Å²) in [5, 5.41) is 0.543. The maximum absolute atomic E-state index is 13.0. The predicted molar refractivity (Wildman–Crippen MR) is 99.9 cm³/mol. The highest BCUT2D eigenvalue weighted by Crippen LogP contribution is 2.25. The van der Waals surface area contributed by atoms with Gasteiger partial charge in [-0.05, 0) is 45.0 Å². The number of sulfone groups is 1. The van der Waals surface area contributed by atoms with E-state index in [-0.39, 0.29) is 27.1 Å². The van der Waals surface area contributed by atoms with E-state index in [9.17, 15) is 13.2 Å². The van der Waals surface area contributed by atoms with Crippen LogP contribution in [-0.2, 0) is 9.84 Å². The summed E-state index contributed by atoms with van der Waals surface area (Å²) in [7, 11) is -3.60. The molecule has 0 saturated heterocycles. The molecule has 0 aliphatic rings. The summed E-state index contributed by atoms with van der Waals surface area (Å²) in [4.78, 5) is 14.3. The van der Waals surface area contributed by atoms with Crippen LogP contribution in [0.15, 0.2) is 33.7 Å². The molecule has 0 N–H and O–H groups in total. The Labute approximate surface area is 156 Å². The minimum absolute atomic E-state index is 0.0972. The summed E-state index contributed by atoms with van der Waals surface area (Å²) in [6.07, 6.45) is 0. The van der Waals surface area contributed by atoms with Crippen molar-refractivity contribution in [3.63, 3.8) is 0 Å². The molecule has 0 unspecified atom stereocenters. The van der Waals surface area contributed by atoms with Gasteiger partial charge in [0.2, 0.25) is 0 Å². The van der Waals surface area contributed by atoms with E-state index in [1.807, 2.05) is 13.8 Å². The second-order valence-corrected chi connectivity index (χ2v) is 8.74. The normalized spacial score (nSPS) is 11.8. The Balaban J connectivity index is 2.57. The van der Waals surface area contributed by atoms with E-state index in [4.69, 9.17) is 28.3 Å². The summed E-state index contributed by atoms with van der Waals surface area (Å²) < 4.78 is 30.5. The number of anilines is 1. The molecule has 1 aromatic heterocycles. The summed E-state index contributed by atoms with van der Waals surface area (Å²) in [6.45, 7) is 6.65. The molecular formula is C16H19ClN2O4S2. The molecule has 1 aromatic carbocycles. The van der Waals surface area contributed by atoms with Crippen LogP contribution in [0.3, 0.4) is 0 Å². The first-order valence-corrected chi connectivity index (χ1v) is 10.1. The van der Waals surface area contributed by atoms with E-state index >= 15 is 0 Å². The Morgan fingerprint density at radius 2 is 1.88 bits per heavy atom. The predicted octanol–water partition coefficient (Wildman–Crippen LogP) is 4.45. The zero-order valence-electron chi connectivity index (χ0n) is 14.3. The average molecular weight is 403 g/mol. The first-order chi connectivity index (χ1) is 11.6. The molecule has 2 rings (SSSR count). The van der Waals surface area contributed by atoms with Gasteiger partial charge in [-0.3, -0.25) is 4.90 Å². The summed E-state index contributed by atoms with van der Waals surface area (Å²) in [6, 6.07) is 5.94. The lowest BCUT2D eigenvalue weighted by molar-refractivity contribution is 0.211. The van der Waals surface area contributed by atoms with E-state index in [1.165, 1.54) is 18.7 Å². The van der Waals surface area contributed by atoms with Crippen molar-refractivity contribution in [2.45, 2.75) is 38.6 Å². The van der Waals surface area contributed by atoms with Gasteiger partial charge >= 0.3 is 6.03 Å². The van der Waals surface area contributed by atoms with Crippen LogP contribution in [0.25, 0.3) is 0 Å². The number of amides is 1. The fraction of sp³-hybridized carbons (Fsp3) is 0.375. The van der Waals surface area contributed by atoms with Crippen molar-refractivity contribution in [1.82, 2.24) is 4.74 Å². The Hall–Kier alpha value is -1.64. The highest BCUT2D eigenvalue weighted by atomic mass is 35.5. The highest BCUT2D eigenvalue weighted by Gasteiger charge is 2.29. The maximum Gasteiger partial charge on any atom is 0.363 e. The number of hydrogen-bond donors (Lipinski definition) is 0. The molecule has 6 nitrogen and oxygen atoms in total. The third kappa shape index (κ3) is 3.80. The molecule has 0 spiro atoms. The molecule has 1 heterocycles. The Morgan fingerprint density at radius 3 is 2.36 bits per heavy atom. The Bertz CT molecular complexity index is 944. The van der Waals surface area contributed by atoms with Crippen molar-refractivity contribution in [1.29, 1.82) is 0 Å². The molecule has 0 atom stereocenters. The number of hydrogen-bond acceptors (Lipinski definition) is 5. The van der Waals surface area contributed by atoms with Crippen molar-refractivity contribution in [2.75, 3.05) is 10.7 Å². The van der Waals surface area contributed by atoms with Gasteiger partial charge in [-0.2, -0.15) is 0 Å². The second-order valence-electron chi connectivity index (χ2n) is 5.70. The number of aromatic nitrogens is 1. The van der Waals surface area contributed by atoms with Gasteiger partial charge in [-0.1, -0.05) is 30.7 Å². The molecule has 0 fully saturated rings. The lowest BCUT2D eigenvalue weighted by Crippen LogP contribution is -2.39. The lowest BCUT2D eigenvalue weighted by atomic mass is 10.2. The van der Waals surface area contributed by atoms with E-state index in [2.05, 4.69) is 0 Å². The first-order valence-electron chi connectivity index (χ1n) is 7.65. The van der Waals surface area contributed by atoms with E-state index < -0.39 is 15.9 Å². The van der Waals surface area contributed by atoms with Crippen LogP contribution in [0.2, 0.25) is 5.02 Å². The minimum atomic E-state index is -3.60. The van der Waals surface area contributed by atoms with Gasteiger partial charge < -0.3 is 4.52 Å². The summed E-state index contributed by atoms with van der Waals surface area (Å²) in [5.41, 5.74) is 0.597. The summed E-state index contributed by atoms with van der Waals surface area (Å²) in [5.74, 6) is -0.0315. The van der Waals surface area contributed by atoms with Gasteiger partial charge in [0.1, 0.15) is 4.90 Å². The molecule has 2 aromatic rings. The minimum Gasteiger partial charge on any atom is -0.373 e. The number of aryl methyl sites for hydroxylation is 1. The summed E-state index contributed by atoms with van der Waals surface area (Å²) >= 11 is 11.1. The van der Waals surface area contributed by atoms with Gasteiger partial charge in [0.25, 0.3) is 0 Å². The average Bonchev–Trinajstić information content (AvgIpc) is 2.84. The molecule has 25 heavy (non-hydrogen) atoms. The fourth-order valence-corrected chi connectivity index (χ4v) is 4.29. The van der Waals surface area contributed by atoms with E-state index in [0.29, 0.717) is 10.7 Å². The zero-order chi connectivity index (χ0) is 18.9. The van der Waals surface area contributed by atoms with E-state index in [1.54, 1.807) is 24.3 Å². The Morgan fingerprint density at radius 1 is 1.32 bits per heavy atom. The largest absolute Gasteiger partial charge is 0.373 e. The van der Waals surface area contributed by atoms with Gasteiger partial charge in [0, 0.05) is 16.8 Å². The van der Waals surface area contributed by atoms with Crippen LogP contribution in [-0.4, -0.2) is 31.0 Å². The van der Waals surface area contributed by atoms with Crippen LogP contribution in [0.1, 0.15) is 26.5 Å². The third-order valence-corrected chi connectivity index (χ3v) is 6.23. The maximum atomic E-state index is 13.0. The molecule has 9 heteroatoms. The lowest BCUT2D eigenvalue weighted by Gasteiger charge is -2.26. The van der Waals surface area contributed by atoms with Crippen LogP contribution >= 0.6 is 23.8 Å². The zero-order valence-corrected chi connectivity index (χ0v) is 16.7. The monoisotopic (exact) mass is 402 g/mol. The standard InChI is InChI=1S/C16H19ClN2O4S2/c1-5-25(21,22)14-11(4)23-19(15(14)24)16(20)18(10(2)3)13-8-6-12(17)7-9-13/h6-10H,5H2,1-4H3. The number of nitrogens with zero attached hydrogens (tertiary/aromatic N) is 2. The molecule has 0 bridgehead atoms. The van der Waals surface area contributed by atoms with Gasteiger partial charge in [0.05, 0.1) is 5.75 Å². The van der Waals surface area contributed by atoms with Crippen molar-refractivity contribution < 1.29 is 17.7 Å². The third-order valence-electron chi connectivity index (χ3n) is 3.62. The van der Waals surface area contributed by atoms with Crippen LogP contribution in [0.5, 0.6) is 0 Å². The molecule has 0 saturated carbocycles. The number of carbonyl (C=O) groups is 1. The topological polar surface area (TPSA) is 72.5 Å². The van der Waals surface area contributed by atoms with Crippen molar-refractivity contribution >= 4 is 45.4 Å². The SMILES string of the molecule is CCS(=O)(=O)c1c(C)on(C(=O)N(c2ccc(Cl)cc2)C(C)C)c1=S. The first kappa shape index (κ1) is 19.7. The fourth-order valence-electron chi connectivity index (χ4n) is 2.41. The smallest absolute Gasteiger partial charge is 0.363 e. The van der Waals surface area contributed by atoms with Gasteiger partial charge in [0.15, 0.2) is 20.2 Å². The van der Waals surface area contributed by atoms with Gasteiger partial charge in [-0.15, -0.1) is 4.74 Å². The second kappa shape index (κ2) is 7.31. The quantitative estimate of drug-likeness (QED) is 0.706. The number of benzene rings is 1. The highest BCUT2D eigenvalue weighted by molar-refractivity contribution is 7.91. The molecule has 0 aliphatic carbocycles. The van der Waals surface area contributed by atoms with Crippen LogP contribution in [0.4, 0.5) is 10.5 Å². The Kier molecular flexibility index (Phi) is 5.75. The van der Waals surface area contributed by atoms with Crippen molar-refractivity contribution in [3.05, 3.63) is 39.7 Å². The van der Waals surface area contributed by atoms with E-state index in [0.717, 1.165) is 4.74 Å². The number of halogens is 1. The molecule has 0 radical (unpaired) electrons. The molecular weight excluding hydrogens is 384 g/mol.